The van der Waals surface area contributed by atoms with Crippen LogP contribution in [-0.4, -0.2) is 51.6 Å². The van der Waals surface area contributed by atoms with E-state index in [4.69, 9.17) is 0 Å². The summed E-state index contributed by atoms with van der Waals surface area (Å²) in [6.45, 7) is 10.3. The number of nitrogens with zero attached hydrogens (tertiary/aromatic N) is 2. The van der Waals surface area contributed by atoms with Crippen LogP contribution >= 0.6 is 0 Å². The second-order valence-electron chi connectivity index (χ2n) is 6.88. The van der Waals surface area contributed by atoms with Crippen LogP contribution in [0.1, 0.15) is 60.3 Å². The number of amides is 2. The predicted molar refractivity (Wildman–Crippen MR) is 83.3 cm³/mol. The van der Waals surface area contributed by atoms with Gasteiger partial charge in [-0.1, -0.05) is 26.7 Å². The Morgan fingerprint density at radius 1 is 1.24 bits per heavy atom. The third kappa shape index (κ3) is 4.11. The number of carbonyl (C=O) groups is 2. The van der Waals surface area contributed by atoms with Crippen molar-refractivity contribution >= 4 is 12.0 Å². The van der Waals surface area contributed by atoms with Gasteiger partial charge >= 0.3 is 12.0 Å². The topological polar surface area (TPSA) is 60.9 Å². The van der Waals surface area contributed by atoms with Crippen LogP contribution in [0.25, 0.3) is 0 Å². The van der Waals surface area contributed by atoms with Gasteiger partial charge in [-0.05, 0) is 39.5 Å². The number of likely N-dealkylation sites (N-methyl/N-ethyl adjacent to an activating group) is 1. The molecule has 0 unspecified atom stereocenters. The van der Waals surface area contributed by atoms with Crippen LogP contribution in [0, 0.1) is 5.92 Å². The number of carbonyl (C=O) groups excluding carboxylic acids is 1. The number of urea groups is 1. The van der Waals surface area contributed by atoms with Crippen LogP contribution in [0.2, 0.25) is 0 Å². The van der Waals surface area contributed by atoms with Crippen LogP contribution in [0.3, 0.4) is 0 Å². The fourth-order valence-electron chi connectivity index (χ4n) is 3.03. The number of rotatable bonds is 6. The molecule has 0 heterocycles. The first-order valence-electron chi connectivity index (χ1n) is 8.03. The van der Waals surface area contributed by atoms with E-state index in [-0.39, 0.29) is 12.1 Å². The molecule has 1 N–H and O–H groups in total. The summed E-state index contributed by atoms with van der Waals surface area (Å²) in [6.07, 6.45) is 4.37. The van der Waals surface area contributed by atoms with Crippen molar-refractivity contribution in [2.75, 3.05) is 13.1 Å². The molecule has 2 amide bonds. The molecule has 5 heteroatoms. The maximum absolute atomic E-state index is 12.9. The Kier molecular flexibility index (Phi) is 6.05. The molecule has 5 nitrogen and oxygen atoms in total. The van der Waals surface area contributed by atoms with Gasteiger partial charge in [0.2, 0.25) is 0 Å². The second kappa shape index (κ2) is 7.14. The van der Waals surface area contributed by atoms with Crippen LogP contribution in [0.15, 0.2) is 0 Å². The quantitative estimate of drug-likeness (QED) is 0.819. The van der Waals surface area contributed by atoms with Crippen molar-refractivity contribution in [3.63, 3.8) is 0 Å². The Hall–Kier alpha value is -1.26. The summed E-state index contributed by atoms with van der Waals surface area (Å²) in [5, 5.41) is 9.41. The van der Waals surface area contributed by atoms with E-state index in [0.717, 1.165) is 25.7 Å². The molecule has 0 saturated heterocycles. The molecular weight excluding hydrogens is 268 g/mol. The summed E-state index contributed by atoms with van der Waals surface area (Å²) in [4.78, 5) is 27.8. The average Bonchev–Trinajstić information content (AvgIpc) is 2.89. The standard InChI is InChI=1S/C16H30N2O3/c1-6-18(16(4,5)14(19)20)15(21)17(11-12(2)3)13-9-7-8-10-13/h12-13H,6-11H2,1-5H3,(H,19,20). The molecule has 0 aromatic carbocycles. The first-order valence-corrected chi connectivity index (χ1v) is 8.03. The molecule has 0 radical (unpaired) electrons. The predicted octanol–water partition coefficient (Wildman–Crippen LogP) is 3.19. The zero-order valence-electron chi connectivity index (χ0n) is 14.1. The van der Waals surface area contributed by atoms with Crippen molar-refractivity contribution < 1.29 is 14.7 Å². The van der Waals surface area contributed by atoms with E-state index in [9.17, 15) is 14.7 Å². The highest BCUT2D eigenvalue weighted by molar-refractivity contribution is 5.85. The highest BCUT2D eigenvalue weighted by atomic mass is 16.4. The average molecular weight is 298 g/mol. The third-order valence-electron chi connectivity index (χ3n) is 4.32. The number of aliphatic carboxylic acids is 1. The largest absolute Gasteiger partial charge is 0.480 e. The van der Waals surface area contributed by atoms with Crippen molar-refractivity contribution in [3.8, 4) is 0 Å². The van der Waals surface area contributed by atoms with Gasteiger partial charge in [-0.15, -0.1) is 0 Å². The highest BCUT2D eigenvalue weighted by Crippen LogP contribution is 2.27. The fraction of sp³-hybridized carbons (Fsp3) is 0.875. The van der Waals surface area contributed by atoms with E-state index >= 15 is 0 Å². The van der Waals surface area contributed by atoms with Gasteiger partial charge in [-0.2, -0.15) is 0 Å². The van der Waals surface area contributed by atoms with Gasteiger partial charge in [0.25, 0.3) is 0 Å². The van der Waals surface area contributed by atoms with Crippen molar-refractivity contribution in [2.24, 2.45) is 5.92 Å². The summed E-state index contributed by atoms with van der Waals surface area (Å²) in [5.74, 6) is -0.588. The molecule has 0 spiro atoms. The first kappa shape index (κ1) is 17.8. The monoisotopic (exact) mass is 298 g/mol. The Morgan fingerprint density at radius 2 is 1.76 bits per heavy atom. The Morgan fingerprint density at radius 3 is 2.14 bits per heavy atom. The lowest BCUT2D eigenvalue weighted by Gasteiger charge is -2.41. The molecule has 0 bridgehead atoms. The normalized spacial score (nSPS) is 16.3. The van der Waals surface area contributed by atoms with E-state index in [1.54, 1.807) is 13.8 Å². The molecule has 122 valence electrons. The smallest absolute Gasteiger partial charge is 0.329 e. The van der Waals surface area contributed by atoms with Crippen molar-refractivity contribution in [1.29, 1.82) is 0 Å². The molecule has 1 fully saturated rings. The van der Waals surface area contributed by atoms with Crippen LogP contribution in [0.5, 0.6) is 0 Å². The molecule has 0 aliphatic heterocycles. The number of hydrogen-bond acceptors (Lipinski definition) is 2. The fourth-order valence-corrected chi connectivity index (χ4v) is 3.03. The van der Waals surface area contributed by atoms with Crippen LogP contribution in [-0.2, 0) is 4.79 Å². The van der Waals surface area contributed by atoms with Gasteiger partial charge in [-0.3, -0.25) is 0 Å². The molecule has 1 rings (SSSR count). The second-order valence-corrected chi connectivity index (χ2v) is 6.88. The van der Waals surface area contributed by atoms with Crippen molar-refractivity contribution in [2.45, 2.75) is 71.9 Å². The lowest BCUT2D eigenvalue weighted by Crippen LogP contribution is -2.58. The zero-order chi connectivity index (χ0) is 16.2. The van der Waals surface area contributed by atoms with E-state index in [1.165, 1.54) is 4.90 Å². The van der Waals surface area contributed by atoms with Crippen molar-refractivity contribution in [3.05, 3.63) is 0 Å². The van der Waals surface area contributed by atoms with E-state index in [1.807, 2.05) is 11.8 Å². The summed E-state index contributed by atoms with van der Waals surface area (Å²) in [6, 6.07) is 0.129. The van der Waals surface area contributed by atoms with Crippen LogP contribution < -0.4 is 0 Å². The molecular formula is C16H30N2O3. The van der Waals surface area contributed by atoms with Crippen molar-refractivity contribution in [1.82, 2.24) is 9.80 Å². The van der Waals surface area contributed by atoms with Gasteiger partial charge < -0.3 is 14.9 Å². The minimum atomic E-state index is -1.18. The summed E-state index contributed by atoms with van der Waals surface area (Å²) < 4.78 is 0. The maximum atomic E-state index is 12.9. The van der Waals surface area contributed by atoms with Gasteiger partial charge in [0, 0.05) is 19.1 Å². The maximum Gasteiger partial charge on any atom is 0.329 e. The summed E-state index contributed by atoms with van der Waals surface area (Å²) in [7, 11) is 0. The first-order chi connectivity index (χ1) is 9.71. The molecule has 0 atom stereocenters. The third-order valence-corrected chi connectivity index (χ3v) is 4.32. The molecule has 0 aromatic heterocycles. The molecule has 1 saturated carbocycles. The molecule has 21 heavy (non-hydrogen) atoms. The minimum absolute atomic E-state index is 0.134. The van der Waals surface area contributed by atoms with E-state index < -0.39 is 11.5 Å². The van der Waals surface area contributed by atoms with Gasteiger partial charge in [-0.25, -0.2) is 9.59 Å². The summed E-state index contributed by atoms with van der Waals surface area (Å²) in [5.41, 5.74) is -1.18. The van der Waals surface area contributed by atoms with Crippen LogP contribution in [0.4, 0.5) is 4.79 Å². The van der Waals surface area contributed by atoms with E-state index in [2.05, 4.69) is 13.8 Å². The minimum Gasteiger partial charge on any atom is -0.480 e. The number of carboxylic acids is 1. The molecule has 1 aliphatic rings. The highest BCUT2D eigenvalue weighted by Gasteiger charge is 2.40. The lowest BCUT2D eigenvalue weighted by atomic mass is 10.0. The Bertz CT molecular complexity index is 374. The van der Waals surface area contributed by atoms with Gasteiger partial charge in [0.15, 0.2) is 0 Å². The zero-order valence-corrected chi connectivity index (χ0v) is 14.1. The van der Waals surface area contributed by atoms with Gasteiger partial charge in [0.05, 0.1) is 0 Å². The van der Waals surface area contributed by atoms with Gasteiger partial charge in [0.1, 0.15) is 5.54 Å². The Labute approximate surface area is 128 Å². The SMILES string of the molecule is CCN(C(=O)N(CC(C)C)C1CCCC1)C(C)(C)C(=O)O. The Balaban J connectivity index is 2.98. The molecule has 1 aliphatic carbocycles. The number of carboxylic acid groups (broad SMARTS) is 1. The summed E-state index contributed by atoms with van der Waals surface area (Å²) >= 11 is 0. The van der Waals surface area contributed by atoms with E-state index in [0.29, 0.717) is 19.0 Å². The molecule has 0 aromatic rings. The number of hydrogen-bond donors (Lipinski definition) is 1. The lowest BCUT2D eigenvalue weighted by molar-refractivity contribution is -0.147.